The van der Waals surface area contributed by atoms with E-state index in [4.69, 9.17) is 0 Å². The number of nitrogens with zero attached hydrogens (tertiary/aromatic N) is 1. The van der Waals surface area contributed by atoms with Crippen molar-refractivity contribution >= 4 is 6.03 Å². The highest BCUT2D eigenvalue weighted by Gasteiger charge is 2.19. The fourth-order valence-corrected chi connectivity index (χ4v) is 1.71. The Morgan fingerprint density at radius 2 is 2.15 bits per heavy atom. The zero-order valence-corrected chi connectivity index (χ0v) is 8.68. The van der Waals surface area contributed by atoms with E-state index in [1.165, 1.54) is 12.8 Å². The van der Waals surface area contributed by atoms with E-state index >= 15 is 0 Å². The molecule has 0 aromatic rings. The molecule has 0 unspecified atom stereocenters. The van der Waals surface area contributed by atoms with Crippen LogP contribution in [0.3, 0.4) is 0 Å². The highest BCUT2D eigenvalue weighted by atomic mass is 16.2. The van der Waals surface area contributed by atoms with E-state index in [0.717, 1.165) is 26.1 Å². The molecule has 0 atom stereocenters. The lowest BCUT2D eigenvalue weighted by Crippen LogP contribution is -2.48. The van der Waals surface area contributed by atoms with Crippen LogP contribution >= 0.6 is 0 Å². The Morgan fingerprint density at radius 3 is 2.69 bits per heavy atom. The van der Waals surface area contributed by atoms with Crippen molar-refractivity contribution < 1.29 is 4.79 Å². The van der Waals surface area contributed by atoms with Gasteiger partial charge >= 0.3 is 6.03 Å². The van der Waals surface area contributed by atoms with Gasteiger partial charge in [-0.2, -0.15) is 0 Å². The van der Waals surface area contributed by atoms with E-state index in [-0.39, 0.29) is 6.03 Å². The first-order valence-corrected chi connectivity index (χ1v) is 5.30. The zero-order chi connectivity index (χ0) is 9.68. The number of hydrogen-bond donors (Lipinski definition) is 1. The molecule has 0 bridgehead atoms. The first kappa shape index (κ1) is 10.4. The van der Waals surface area contributed by atoms with E-state index in [0.29, 0.717) is 5.92 Å². The van der Waals surface area contributed by atoms with Gasteiger partial charge in [-0.05, 0) is 12.3 Å². The summed E-state index contributed by atoms with van der Waals surface area (Å²) in [6.07, 6.45) is 3.42. The van der Waals surface area contributed by atoms with Gasteiger partial charge in [0.05, 0.1) is 0 Å². The standard InChI is InChI=1S/C10H20N2O/c1-3-9(4-2)8-12-7-5-6-11-10(12)13/h9H,3-8H2,1-2H3,(H,11,13). The average Bonchev–Trinajstić information content (AvgIpc) is 2.17. The Bertz CT molecular complexity index is 166. The fourth-order valence-electron chi connectivity index (χ4n) is 1.71. The summed E-state index contributed by atoms with van der Waals surface area (Å²) in [6, 6.07) is 0.123. The minimum atomic E-state index is 0.123. The Labute approximate surface area is 80.5 Å². The van der Waals surface area contributed by atoms with Crippen molar-refractivity contribution in [2.75, 3.05) is 19.6 Å². The van der Waals surface area contributed by atoms with Crippen LogP contribution in [0.4, 0.5) is 4.79 Å². The van der Waals surface area contributed by atoms with Gasteiger partial charge in [0, 0.05) is 19.6 Å². The van der Waals surface area contributed by atoms with Crippen molar-refractivity contribution in [1.29, 1.82) is 0 Å². The molecule has 0 saturated carbocycles. The number of carbonyl (C=O) groups excluding carboxylic acids is 1. The van der Waals surface area contributed by atoms with Gasteiger partial charge in [0.2, 0.25) is 0 Å². The molecule has 1 saturated heterocycles. The molecule has 1 N–H and O–H groups in total. The molecule has 0 spiro atoms. The summed E-state index contributed by atoms with van der Waals surface area (Å²) in [6.45, 7) is 7.09. The minimum absolute atomic E-state index is 0.123. The molecule has 1 heterocycles. The second kappa shape index (κ2) is 5.10. The van der Waals surface area contributed by atoms with Crippen LogP contribution in [0.15, 0.2) is 0 Å². The Hall–Kier alpha value is -0.730. The molecular weight excluding hydrogens is 164 g/mol. The molecule has 0 aromatic carbocycles. The number of rotatable bonds is 4. The number of amides is 2. The second-order valence-electron chi connectivity index (χ2n) is 3.71. The predicted molar refractivity (Wildman–Crippen MR) is 53.7 cm³/mol. The third-order valence-electron chi connectivity index (χ3n) is 2.80. The molecule has 3 heteroatoms. The van der Waals surface area contributed by atoms with Crippen LogP contribution in [-0.2, 0) is 0 Å². The fraction of sp³-hybridized carbons (Fsp3) is 0.900. The predicted octanol–water partition coefficient (Wildman–Crippen LogP) is 1.84. The van der Waals surface area contributed by atoms with Crippen LogP contribution < -0.4 is 5.32 Å². The first-order chi connectivity index (χ1) is 6.27. The molecule has 13 heavy (non-hydrogen) atoms. The van der Waals surface area contributed by atoms with Crippen LogP contribution in [0.5, 0.6) is 0 Å². The summed E-state index contributed by atoms with van der Waals surface area (Å²) in [7, 11) is 0. The lowest BCUT2D eigenvalue weighted by atomic mass is 10.0. The van der Waals surface area contributed by atoms with Gasteiger partial charge in [-0.25, -0.2) is 4.79 Å². The van der Waals surface area contributed by atoms with Crippen molar-refractivity contribution in [2.45, 2.75) is 33.1 Å². The maximum Gasteiger partial charge on any atom is 0.317 e. The number of nitrogens with one attached hydrogen (secondary N) is 1. The van der Waals surface area contributed by atoms with Gasteiger partial charge in [0.15, 0.2) is 0 Å². The SMILES string of the molecule is CCC(CC)CN1CCCNC1=O. The van der Waals surface area contributed by atoms with Crippen LogP contribution in [0.25, 0.3) is 0 Å². The molecule has 2 amide bonds. The molecule has 0 radical (unpaired) electrons. The summed E-state index contributed by atoms with van der Waals surface area (Å²) in [5.74, 6) is 0.670. The molecule has 76 valence electrons. The van der Waals surface area contributed by atoms with Crippen LogP contribution in [0.1, 0.15) is 33.1 Å². The van der Waals surface area contributed by atoms with Crippen molar-refractivity contribution in [3.63, 3.8) is 0 Å². The quantitative estimate of drug-likeness (QED) is 0.710. The van der Waals surface area contributed by atoms with Gasteiger partial charge in [-0.1, -0.05) is 26.7 Å². The van der Waals surface area contributed by atoms with E-state index in [1.54, 1.807) is 0 Å². The van der Waals surface area contributed by atoms with E-state index < -0.39 is 0 Å². The zero-order valence-electron chi connectivity index (χ0n) is 8.68. The topological polar surface area (TPSA) is 32.3 Å². The Balaban J connectivity index is 2.36. The van der Waals surface area contributed by atoms with E-state index in [9.17, 15) is 4.79 Å². The summed E-state index contributed by atoms with van der Waals surface area (Å²) >= 11 is 0. The molecule has 1 aliphatic rings. The van der Waals surface area contributed by atoms with Crippen molar-refractivity contribution in [3.05, 3.63) is 0 Å². The molecule has 3 nitrogen and oxygen atoms in total. The highest BCUT2D eigenvalue weighted by Crippen LogP contribution is 2.11. The molecule has 1 rings (SSSR count). The molecule has 1 fully saturated rings. The maximum absolute atomic E-state index is 11.4. The number of urea groups is 1. The van der Waals surface area contributed by atoms with Crippen LogP contribution in [-0.4, -0.2) is 30.6 Å². The van der Waals surface area contributed by atoms with Gasteiger partial charge in [-0.15, -0.1) is 0 Å². The lowest BCUT2D eigenvalue weighted by Gasteiger charge is -2.30. The number of carbonyl (C=O) groups is 1. The largest absolute Gasteiger partial charge is 0.338 e. The number of hydrogen-bond acceptors (Lipinski definition) is 1. The van der Waals surface area contributed by atoms with Gasteiger partial charge in [0.1, 0.15) is 0 Å². The van der Waals surface area contributed by atoms with Gasteiger partial charge in [-0.3, -0.25) is 0 Å². The molecular formula is C10H20N2O. The summed E-state index contributed by atoms with van der Waals surface area (Å²) in [5, 5.41) is 2.87. The maximum atomic E-state index is 11.4. The average molecular weight is 184 g/mol. The van der Waals surface area contributed by atoms with Gasteiger partial charge < -0.3 is 10.2 Å². The monoisotopic (exact) mass is 184 g/mol. The Morgan fingerprint density at radius 1 is 1.46 bits per heavy atom. The molecule has 0 aromatic heterocycles. The van der Waals surface area contributed by atoms with E-state index in [2.05, 4.69) is 19.2 Å². The third kappa shape index (κ3) is 2.90. The normalized spacial score (nSPS) is 17.8. The molecule has 0 aliphatic carbocycles. The summed E-state index contributed by atoms with van der Waals surface area (Å²) < 4.78 is 0. The van der Waals surface area contributed by atoms with Crippen molar-refractivity contribution in [2.24, 2.45) is 5.92 Å². The summed E-state index contributed by atoms with van der Waals surface area (Å²) in [5.41, 5.74) is 0. The minimum Gasteiger partial charge on any atom is -0.338 e. The lowest BCUT2D eigenvalue weighted by molar-refractivity contribution is 0.173. The molecule has 1 aliphatic heterocycles. The Kier molecular flexibility index (Phi) is 4.06. The first-order valence-electron chi connectivity index (χ1n) is 5.30. The van der Waals surface area contributed by atoms with Gasteiger partial charge in [0.25, 0.3) is 0 Å². The van der Waals surface area contributed by atoms with Crippen LogP contribution in [0.2, 0.25) is 0 Å². The highest BCUT2D eigenvalue weighted by molar-refractivity contribution is 5.74. The van der Waals surface area contributed by atoms with E-state index in [1.807, 2.05) is 4.90 Å². The third-order valence-corrected chi connectivity index (χ3v) is 2.80. The second-order valence-corrected chi connectivity index (χ2v) is 3.71. The van der Waals surface area contributed by atoms with Crippen molar-refractivity contribution in [3.8, 4) is 0 Å². The summed E-state index contributed by atoms with van der Waals surface area (Å²) in [4.78, 5) is 13.3. The smallest absolute Gasteiger partial charge is 0.317 e. The van der Waals surface area contributed by atoms with Crippen LogP contribution in [0, 0.1) is 5.92 Å². The van der Waals surface area contributed by atoms with Crippen molar-refractivity contribution in [1.82, 2.24) is 10.2 Å².